The minimum absolute atomic E-state index is 0.161. The summed E-state index contributed by atoms with van der Waals surface area (Å²) in [6.07, 6.45) is 3.38. The molecule has 1 heterocycles. The van der Waals surface area contributed by atoms with E-state index in [-0.39, 0.29) is 17.6 Å². The molecule has 7 nitrogen and oxygen atoms in total. The van der Waals surface area contributed by atoms with Crippen molar-refractivity contribution >= 4 is 21.6 Å². The molecule has 8 heteroatoms. The lowest BCUT2D eigenvalue weighted by molar-refractivity contribution is -0.129. The third-order valence-electron chi connectivity index (χ3n) is 6.44. The SMILES string of the molecule is CC[C@@H](Oc1ccc(N(C)S(C)(=O)=O)cc1)C(=O)N[C@H]1CC(CC)(CC)Oc2ccccc21. The smallest absolute Gasteiger partial charge is 0.261 e. The molecule has 1 aliphatic rings. The van der Waals surface area contributed by atoms with Crippen molar-refractivity contribution in [2.24, 2.45) is 0 Å². The van der Waals surface area contributed by atoms with Crippen molar-refractivity contribution in [2.75, 3.05) is 17.6 Å². The number of carbonyl (C=O) groups is 1. The number of hydrogen-bond donors (Lipinski definition) is 1. The Hall–Kier alpha value is -2.74. The fraction of sp³-hybridized carbons (Fsp3) is 0.480. The van der Waals surface area contributed by atoms with E-state index in [2.05, 4.69) is 19.2 Å². The topological polar surface area (TPSA) is 84.9 Å². The van der Waals surface area contributed by atoms with Gasteiger partial charge in [-0.05, 0) is 49.6 Å². The summed E-state index contributed by atoms with van der Waals surface area (Å²) in [7, 11) is -1.85. The molecule has 2 atom stereocenters. The van der Waals surface area contributed by atoms with Gasteiger partial charge in [-0.2, -0.15) is 0 Å². The summed E-state index contributed by atoms with van der Waals surface area (Å²) in [4.78, 5) is 13.2. The van der Waals surface area contributed by atoms with E-state index in [1.807, 2.05) is 31.2 Å². The van der Waals surface area contributed by atoms with Gasteiger partial charge in [0.25, 0.3) is 5.91 Å². The number of sulfonamides is 1. The van der Waals surface area contributed by atoms with E-state index < -0.39 is 16.1 Å². The van der Waals surface area contributed by atoms with Crippen LogP contribution in [0.3, 0.4) is 0 Å². The maximum absolute atomic E-state index is 13.2. The van der Waals surface area contributed by atoms with Crippen molar-refractivity contribution < 1.29 is 22.7 Å². The third kappa shape index (κ3) is 5.61. The lowest BCUT2D eigenvalue weighted by Crippen LogP contribution is -2.47. The first-order valence-corrected chi connectivity index (χ1v) is 13.3. The molecule has 1 aliphatic heterocycles. The van der Waals surface area contributed by atoms with Crippen LogP contribution < -0.4 is 19.1 Å². The van der Waals surface area contributed by atoms with Crippen molar-refractivity contribution in [1.82, 2.24) is 5.32 Å². The van der Waals surface area contributed by atoms with E-state index in [4.69, 9.17) is 9.47 Å². The van der Waals surface area contributed by atoms with Crippen LogP contribution in [0.4, 0.5) is 5.69 Å². The molecule has 0 aliphatic carbocycles. The van der Waals surface area contributed by atoms with E-state index in [1.54, 1.807) is 24.3 Å². The molecule has 1 N–H and O–H groups in total. The van der Waals surface area contributed by atoms with Crippen molar-refractivity contribution in [3.63, 3.8) is 0 Å². The summed E-state index contributed by atoms with van der Waals surface area (Å²) >= 11 is 0. The number of ether oxygens (including phenoxy) is 2. The standard InChI is InChI=1S/C25H34N2O5S/c1-6-22(31-19-15-13-18(14-16-19)27(4)33(5,29)30)24(28)26-21-17-25(7-2,8-3)32-23-12-10-9-11-20(21)23/h9-16,21-22H,6-8,17H2,1-5H3,(H,26,28)/t21-,22+/m0/s1. The van der Waals surface area contributed by atoms with Crippen molar-refractivity contribution in [3.05, 3.63) is 54.1 Å². The molecule has 0 radical (unpaired) electrons. The zero-order chi connectivity index (χ0) is 24.2. The lowest BCUT2D eigenvalue weighted by atomic mass is 9.83. The largest absolute Gasteiger partial charge is 0.487 e. The molecule has 3 rings (SSSR count). The average Bonchev–Trinajstić information content (AvgIpc) is 2.81. The Balaban J connectivity index is 1.74. The van der Waals surface area contributed by atoms with Crippen LogP contribution in [0.25, 0.3) is 0 Å². The minimum atomic E-state index is -3.35. The number of nitrogens with zero attached hydrogens (tertiary/aromatic N) is 1. The number of hydrogen-bond acceptors (Lipinski definition) is 5. The molecule has 0 saturated heterocycles. The summed E-state index contributed by atoms with van der Waals surface area (Å²) in [6.45, 7) is 6.12. The molecule has 0 fully saturated rings. The van der Waals surface area contributed by atoms with Gasteiger partial charge in [-0.3, -0.25) is 9.10 Å². The highest BCUT2D eigenvalue weighted by Gasteiger charge is 2.39. The Morgan fingerprint density at radius 3 is 2.36 bits per heavy atom. The summed E-state index contributed by atoms with van der Waals surface area (Å²) in [5.74, 6) is 1.14. The number of amides is 1. The number of fused-ring (bicyclic) bond motifs is 1. The summed E-state index contributed by atoms with van der Waals surface area (Å²) < 4.78 is 37.0. The lowest BCUT2D eigenvalue weighted by Gasteiger charge is -2.42. The Bertz CT molecular complexity index is 1060. The van der Waals surface area contributed by atoms with Gasteiger partial charge in [0.05, 0.1) is 18.0 Å². The van der Waals surface area contributed by atoms with Gasteiger partial charge in [-0.15, -0.1) is 0 Å². The van der Waals surface area contributed by atoms with Crippen LogP contribution >= 0.6 is 0 Å². The van der Waals surface area contributed by atoms with Gasteiger partial charge in [0.1, 0.15) is 17.1 Å². The van der Waals surface area contributed by atoms with Gasteiger partial charge in [0, 0.05) is 19.0 Å². The van der Waals surface area contributed by atoms with Crippen LogP contribution in [0.5, 0.6) is 11.5 Å². The van der Waals surface area contributed by atoms with Crippen LogP contribution in [0.1, 0.15) is 58.1 Å². The molecule has 180 valence electrons. The van der Waals surface area contributed by atoms with E-state index >= 15 is 0 Å². The second kappa shape index (κ2) is 10.0. The molecular weight excluding hydrogens is 440 g/mol. The van der Waals surface area contributed by atoms with Gasteiger partial charge >= 0.3 is 0 Å². The second-order valence-electron chi connectivity index (χ2n) is 8.53. The summed E-state index contributed by atoms with van der Waals surface area (Å²) in [6, 6.07) is 14.4. The number of anilines is 1. The monoisotopic (exact) mass is 474 g/mol. The number of carbonyl (C=O) groups excluding carboxylic acids is 1. The van der Waals surface area contributed by atoms with E-state index in [0.29, 0.717) is 24.3 Å². The molecule has 33 heavy (non-hydrogen) atoms. The van der Waals surface area contributed by atoms with Gasteiger partial charge in [0.2, 0.25) is 10.0 Å². The number of para-hydroxylation sites is 1. The van der Waals surface area contributed by atoms with Crippen molar-refractivity contribution in [2.45, 2.75) is 64.2 Å². The first kappa shape index (κ1) is 24.9. The number of benzene rings is 2. The van der Waals surface area contributed by atoms with Gasteiger partial charge < -0.3 is 14.8 Å². The normalized spacial score (nSPS) is 17.9. The maximum atomic E-state index is 13.2. The van der Waals surface area contributed by atoms with Crippen LogP contribution in [-0.2, 0) is 14.8 Å². The van der Waals surface area contributed by atoms with Gasteiger partial charge in [0.15, 0.2) is 6.10 Å². The number of nitrogens with one attached hydrogen (secondary N) is 1. The molecule has 0 spiro atoms. The predicted octanol–water partition coefficient (Wildman–Crippen LogP) is 4.44. The Labute approximate surface area is 197 Å². The molecule has 0 unspecified atom stereocenters. The number of rotatable bonds is 9. The first-order chi connectivity index (χ1) is 15.6. The molecule has 0 aromatic heterocycles. The van der Waals surface area contributed by atoms with E-state index in [9.17, 15) is 13.2 Å². The van der Waals surface area contributed by atoms with Crippen molar-refractivity contribution in [3.8, 4) is 11.5 Å². The molecule has 2 aromatic carbocycles. The molecule has 0 saturated carbocycles. The molecule has 1 amide bonds. The van der Waals surface area contributed by atoms with Crippen LogP contribution in [0, 0.1) is 0 Å². The average molecular weight is 475 g/mol. The summed E-state index contributed by atoms with van der Waals surface area (Å²) in [5.41, 5.74) is 1.19. The summed E-state index contributed by atoms with van der Waals surface area (Å²) in [5, 5.41) is 3.19. The Morgan fingerprint density at radius 1 is 1.15 bits per heavy atom. The highest BCUT2D eigenvalue weighted by molar-refractivity contribution is 7.92. The van der Waals surface area contributed by atoms with Crippen molar-refractivity contribution in [1.29, 1.82) is 0 Å². The second-order valence-corrected chi connectivity index (χ2v) is 10.5. The fourth-order valence-corrected chi connectivity index (χ4v) is 4.61. The van der Waals surface area contributed by atoms with Crippen LogP contribution in [0.2, 0.25) is 0 Å². The fourth-order valence-electron chi connectivity index (χ4n) is 4.11. The highest BCUT2D eigenvalue weighted by atomic mass is 32.2. The van der Waals surface area contributed by atoms with E-state index in [1.165, 1.54) is 11.4 Å². The zero-order valence-corrected chi connectivity index (χ0v) is 20.8. The van der Waals surface area contributed by atoms with Gasteiger partial charge in [-0.25, -0.2) is 8.42 Å². The third-order valence-corrected chi connectivity index (χ3v) is 7.65. The maximum Gasteiger partial charge on any atom is 0.261 e. The molecular formula is C25H34N2O5S. The zero-order valence-electron chi connectivity index (χ0n) is 20.0. The van der Waals surface area contributed by atoms with Gasteiger partial charge in [-0.1, -0.05) is 39.0 Å². The highest BCUT2D eigenvalue weighted by Crippen LogP contribution is 2.42. The van der Waals surface area contributed by atoms with Crippen LogP contribution in [-0.4, -0.2) is 39.3 Å². The molecule has 2 aromatic rings. The first-order valence-electron chi connectivity index (χ1n) is 11.4. The Morgan fingerprint density at radius 2 is 1.79 bits per heavy atom. The Kier molecular flexibility index (Phi) is 7.57. The van der Waals surface area contributed by atoms with E-state index in [0.717, 1.165) is 30.4 Å². The quantitative estimate of drug-likeness (QED) is 0.581. The van der Waals surface area contributed by atoms with Crippen LogP contribution in [0.15, 0.2) is 48.5 Å². The minimum Gasteiger partial charge on any atom is -0.487 e. The predicted molar refractivity (Wildman–Crippen MR) is 130 cm³/mol. The molecule has 0 bridgehead atoms.